The molecule has 11 heteroatoms. The summed E-state index contributed by atoms with van der Waals surface area (Å²) in [5, 5.41) is 3.08. The summed E-state index contributed by atoms with van der Waals surface area (Å²) in [4.78, 5) is 14.1. The van der Waals surface area contributed by atoms with Crippen molar-refractivity contribution >= 4 is 15.9 Å². The van der Waals surface area contributed by atoms with Crippen molar-refractivity contribution < 1.29 is 31.1 Å². The summed E-state index contributed by atoms with van der Waals surface area (Å²) < 4.78 is 67.5. The smallest absolute Gasteiger partial charge is 0.375 e. The van der Waals surface area contributed by atoms with Crippen LogP contribution < -0.4 is 5.32 Å². The van der Waals surface area contributed by atoms with Crippen molar-refractivity contribution in [2.45, 2.75) is 44.1 Å². The third-order valence-electron chi connectivity index (χ3n) is 4.53. The Balaban J connectivity index is 1.98. The number of likely N-dealkylation sites (tertiary alicyclic amines) is 1. The highest BCUT2D eigenvalue weighted by Crippen LogP contribution is 2.25. The lowest BCUT2D eigenvalue weighted by atomic mass is 10.0. The van der Waals surface area contributed by atoms with Crippen LogP contribution in [0.3, 0.4) is 0 Å². The molecule has 2 fully saturated rings. The maximum Gasteiger partial charge on any atom is 0.402 e. The van der Waals surface area contributed by atoms with Crippen LogP contribution in [0.1, 0.15) is 19.8 Å². The summed E-state index contributed by atoms with van der Waals surface area (Å²) in [5.74, 6) is -0.160. The van der Waals surface area contributed by atoms with Crippen molar-refractivity contribution in [3.05, 3.63) is 0 Å². The number of sulfonamides is 1. The molecule has 0 bridgehead atoms. The van der Waals surface area contributed by atoms with Crippen LogP contribution in [0.2, 0.25) is 0 Å². The normalized spacial score (nSPS) is 26.9. The fourth-order valence-corrected chi connectivity index (χ4v) is 4.41. The van der Waals surface area contributed by atoms with E-state index in [1.54, 1.807) is 11.8 Å². The van der Waals surface area contributed by atoms with E-state index in [2.05, 4.69) is 5.32 Å². The van der Waals surface area contributed by atoms with Gasteiger partial charge in [0, 0.05) is 25.7 Å². The van der Waals surface area contributed by atoms with Crippen molar-refractivity contribution in [3.63, 3.8) is 0 Å². The average molecular weight is 387 g/mol. The Morgan fingerprint density at radius 1 is 1.32 bits per heavy atom. The van der Waals surface area contributed by atoms with Crippen LogP contribution in [-0.2, 0) is 19.6 Å². The van der Waals surface area contributed by atoms with Gasteiger partial charge in [-0.2, -0.15) is 17.5 Å². The number of hydrogen-bond acceptors (Lipinski definition) is 5. The number of hydrogen-bond donors (Lipinski definition) is 1. The largest absolute Gasteiger partial charge is 0.402 e. The molecule has 2 rings (SSSR count). The van der Waals surface area contributed by atoms with E-state index in [9.17, 15) is 26.4 Å². The molecule has 7 nitrogen and oxygen atoms in total. The van der Waals surface area contributed by atoms with E-state index in [1.165, 1.54) is 0 Å². The summed E-state index contributed by atoms with van der Waals surface area (Å²) in [6, 6.07) is -1.24. The highest BCUT2D eigenvalue weighted by molar-refractivity contribution is 7.88. The van der Waals surface area contributed by atoms with Crippen LogP contribution in [0, 0.1) is 0 Å². The van der Waals surface area contributed by atoms with Crippen LogP contribution in [0.15, 0.2) is 0 Å². The van der Waals surface area contributed by atoms with Gasteiger partial charge in [0.15, 0.2) is 0 Å². The first-order chi connectivity index (χ1) is 11.5. The molecule has 0 aliphatic carbocycles. The van der Waals surface area contributed by atoms with Crippen molar-refractivity contribution in [3.8, 4) is 0 Å². The number of rotatable bonds is 4. The van der Waals surface area contributed by atoms with E-state index in [-0.39, 0.29) is 37.9 Å². The van der Waals surface area contributed by atoms with E-state index >= 15 is 0 Å². The summed E-state index contributed by atoms with van der Waals surface area (Å²) in [5.41, 5.74) is 0. The monoisotopic (exact) mass is 387 g/mol. The quantitative estimate of drug-likeness (QED) is 0.745. The topological polar surface area (TPSA) is 79.0 Å². The molecule has 0 spiro atoms. The van der Waals surface area contributed by atoms with Gasteiger partial charge in [0.05, 0.1) is 19.0 Å². The summed E-state index contributed by atoms with van der Waals surface area (Å²) in [6.45, 7) is 1.81. The van der Waals surface area contributed by atoms with E-state index in [0.717, 1.165) is 6.26 Å². The summed E-state index contributed by atoms with van der Waals surface area (Å²) >= 11 is 0. The molecule has 2 atom stereocenters. The molecule has 0 aromatic rings. The predicted molar refractivity (Wildman–Crippen MR) is 84.4 cm³/mol. The van der Waals surface area contributed by atoms with Crippen molar-refractivity contribution in [1.29, 1.82) is 0 Å². The second-order valence-electron chi connectivity index (χ2n) is 6.49. The minimum Gasteiger partial charge on any atom is -0.375 e. The average Bonchev–Trinajstić information content (AvgIpc) is 2.51. The molecule has 0 aromatic carbocycles. The maximum atomic E-state index is 12.7. The highest BCUT2D eigenvalue weighted by Gasteiger charge is 2.41. The molecule has 0 radical (unpaired) electrons. The van der Waals surface area contributed by atoms with Crippen LogP contribution in [0.5, 0.6) is 0 Å². The number of alkyl halides is 3. The molecule has 2 saturated heterocycles. The minimum atomic E-state index is -4.60. The Morgan fingerprint density at radius 2 is 1.92 bits per heavy atom. The standard InChI is InChI=1S/C14H24F3N3O4S/c1-10-12(18-5-8-24-10)13(21)19-6-3-11(4-7-19)20(25(2,22)23)9-14(15,16)17/h10-12,18H,3-9H2,1-2H3/t10-,12+/m1/s1. The zero-order valence-corrected chi connectivity index (χ0v) is 15.1. The van der Waals surface area contributed by atoms with E-state index in [0.29, 0.717) is 17.5 Å². The summed E-state index contributed by atoms with van der Waals surface area (Å²) in [7, 11) is -3.99. The fourth-order valence-electron chi connectivity index (χ4n) is 3.27. The number of nitrogens with one attached hydrogen (secondary N) is 1. The first kappa shape index (κ1) is 20.4. The lowest BCUT2D eigenvalue weighted by molar-refractivity contribution is -0.146. The van der Waals surface area contributed by atoms with Crippen LogP contribution in [0.25, 0.3) is 0 Å². The molecule has 2 heterocycles. The zero-order valence-electron chi connectivity index (χ0n) is 14.3. The van der Waals surface area contributed by atoms with E-state index in [4.69, 9.17) is 4.74 Å². The van der Waals surface area contributed by atoms with Crippen LogP contribution >= 0.6 is 0 Å². The molecule has 0 saturated carbocycles. The Labute approximate surface area is 145 Å². The molecule has 1 N–H and O–H groups in total. The minimum absolute atomic E-state index is 0.160. The predicted octanol–water partition coefficient (Wildman–Crippen LogP) is 0.178. The number of piperidine rings is 1. The Bertz CT molecular complexity index is 576. The van der Waals surface area contributed by atoms with Crippen molar-refractivity contribution in [2.75, 3.05) is 39.0 Å². The van der Waals surface area contributed by atoms with Gasteiger partial charge in [-0.15, -0.1) is 0 Å². The molecule has 146 valence electrons. The molecule has 0 unspecified atom stereocenters. The van der Waals surface area contributed by atoms with Crippen molar-refractivity contribution in [2.24, 2.45) is 0 Å². The second-order valence-corrected chi connectivity index (χ2v) is 8.42. The van der Waals surface area contributed by atoms with Crippen LogP contribution in [0.4, 0.5) is 13.2 Å². The Hall–Kier alpha value is -0.910. The number of amides is 1. The molecule has 1 amide bonds. The molecule has 2 aliphatic heterocycles. The lowest BCUT2D eigenvalue weighted by Crippen LogP contribution is -2.59. The van der Waals surface area contributed by atoms with E-state index < -0.39 is 34.8 Å². The Kier molecular flexibility index (Phi) is 6.34. The first-order valence-corrected chi connectivity index (χ1v) is 10.0. The van der Waals surface area contributed by atoms with Gasteiger partial charge in [0.25, 0.3) is 0 Å². The maximum absolute atomic E-state index is 12.7. The van der Waals surface area contributed by atoms with E-state index in [1.807, 2.05) is 0 Å². The lowest BCUT2D eigenvalue weighted by Gasteiger charge is -2.40. The number of halogens is 3. The molecule has 0 aromatic heterocycles. The van der Waals surface area contributed by atoms with Gasteiger partial charge in [0.2, 0.25) is 15.9 Å². The molecular formula is C14H24F3N3O4S. The summed E-state index contributed by atoms with van der Waals surface area (Å²) in [6.07, 6.45) is -3.75. The van der Waals surface area contributed by atoms with Gasteiger partial charge in [-0.05, 0) is 19.8 Å². The van der Waals surface area contributed by atoms with Gasteiger partial charge >= 0.3 is 6.18 Å². The third kappa shape index (κ3) is 5.53. The first-order valence-electron chi connectivity index (χ1n) is 8.16. The highest BCUT2D eigenvalue weighted by atomic mass is 32.2. The number of ether oxygens (including phenoxy) is 1. The van der Waals surface area contributed by atoms with Gasteiger partial charge in [0.1, 0.15) is 12.6 Å². The number of carbonyl (C=O) groups is 1. The second kappa shape index (κ2) is 7.77. The van der Waals surface area contributed by atoms with Gasteiger partial charge in [-0.3, -0.25) is 4.79 Å². The third-order valence-corrected chi connectivity index (χ3v) is 5.81. The fraction of sp³-hybridized carbons (Fsp3) is 0.929. The van der Waals surface area contributed by atoms with Crippen LogP contribution in [-0.4, -0.2) is 86.9 Å². The number of morpholine rings is 1. The SMILES string of the molecule is C[C@H]1OCCN[C@@H]1C(=O)N1CCC(N(CC(F)(F)F)S(C)(=O)=O)CC1. The van der Waals surface area contributed by atoms with Gasteiger partial charge in [-0.25, -0.2) is 8.42 Å². The molecule has 25 heavy (non-hydrogen) atoms. The number of nitrogens with zero attached hydrogens (tertiary/aromatic N) is 2. The van der Waals surface area contributed by atoms with Crippen molar-refractivity contribution in [1.82, 2.24) is 14.5 Å². The molecule has 2 aliphatic rings. The number of carbonyl (C=O) groups excluding carboxylic acids is 1. The molecular weight excluding hydrogens is 363 g/mol. The van der Waals surface area contributed by atoms with Gasteiger partial charge in [-0.1, -0.05) is 0 Å². The Morgan fingerprint density at radius 3 is 2.40 bits per heavy atom. The zero-order chi connectivity index (χ0) is 18.8. The van der Waals surface area contributed by atoms with Gasteiger partial charge < -0.3 is 15.0 Å².